The minimum absolute atomic E-state index is 0.222. The fraction of sp³-hybridized carbons (Fsp3) is 1.00. The third kappa shape index (κ3) is 18.8. The molecule has 10 rings (SSSR count). The highest BCUT2D eigenvalue weighted by molar-refractivity contribution is 5.02. The maximum Gasteiger partial charge on any atom is 0.187 e. The smallest absolute Gasteiger partial charge is 0.187 e. The highest BCUT2D eigenvalue weighted by Gasteiger charge is 2.60. The van der Waals surface area contributed by atoms with Crippen LogP contribution in [0, 0.1) is 5.92 Å². The van der Waals surface area contributed by atoms with E-state index < -0.39 is 342 Å². The summed E-state index contributed by atoms with van der Waals surface area (Å²) in [6.07, 6.45) is -91.5. The van der Waals surface area contributed by atoms with Crippen molar-refractivity contribution in [3.63, 3.8) is 0 Å². The molecule has 624 valence electrons. The Morgan fingerprint density at radius 2 is 0.430 bits per heavy atom. The van der Waals surface area contributed by atoms with Gasteiger partial charge in [0.25, 0.3) is 0 Å². The van der Waals surface area contributed by atoms with Crippen LogP contribution in [0.2, 0.25) is 0 Å². The lowest BCUT2D eigenvalue weighted by molar-refractivity contribution is -0.406. The fourth-order valence-electron chi connectivity index (χ4n) is 14.3. The van der Waals surface area contributed by atoms with Crippen molar-refractivity contribution in [2.75, 3.05) is 59.5 Å². The van der Waals surface area contributed by atoms with E-state index in [4.69, 9.17) is 85.3 Å². The van der Waals surface area contributed by atoms with Crippen LogP contribution in [0.3, 0.4) is 0 Å². The highest BCUT2D eigenvalue weighted by Crippen LogP contribution is 2.40. The average Bonchev–Trinajstić information content (AvgIpc) is 0.773. The molecule has 0 spiro atoms. The Bertz CT molecular complexity index is 2650. The van der Waals surface area contributed by atoms with Gasteiger partial charge in [0.2, 0.25) is 0 Å². The molecule has 0 aromatic rings. The van der Waals surface area contributed by atoms with Gasteiger partial charge in [-0.25, -0.2) is 0 Å². The molecule has 107 heavy (non-hydrogen) atoms. The van der Waals surface area contributed by atoms with Gasteiger partial charge in [-0.3, -0.25) is 0 Å². The second-order valence-electron chi connectivity index (χ2n) is 28.3. The van der Waals surface area contributed by atoms with E-state index in [2.05, 4.69) is 0 Å². The van der Waals surface area contributed by atoms with Gasteiger partial charge >= 0.3 is 0 Å². The lowest BCUT2D eigenvalue weighted by Crippen LogP contribution is -2.68. The summed E-state index contributed by atoms with van der Waals surface area (Å²) in [7, 11) is 0. The predicted octanol–water partition coefficient (Wildman–Crippen LogP) is -18.0. The third-order valence-corrected chi connectivity index (χ3v) is 21.0. The molecule has 0 amide bonds. The minimum atomic E-state index is -2.41. The summed E-state index contributed by atoms with van der Waals surface area (Å²) in [5.41, 5.74) is 0. The Balaban J connectivity index is 0.959. The van der Waals surface area contributed by atoms with Crippen molar-refractivity contribution in [2.24, 2.45) is 5.92 Å². The van der Waals surface area contributed by atoms with Crippen molar-refractivity contribution >= 4 is 0 Å². The molecule has 10 aliphatic rings. The summed E-state index contributed by atoms with van der Waals surface area (Å²) in [5.74, 6) is 0.222. The second kappa shape index (κ2) is 38.3. The van der Waals surface area contributed by atoms with Crippen LogP contribution >= 0.6 is 0 Å². The molecule has 0 bridgehead atoms. The molecule has 0 radical (unpaired) electrons. The molecule has 0 aromatic carbocycles. The number of hydrogen-bond donors (Lipinski definition) is 28. The molecule has 46 nitrogen and oxygen atoms in total. The first-order valence-electron chi connectivity index (χ1n) is 35.1. The molecule has 1 aliphatic carbocycles. The number of aliphatic hydroxyl groups excluding tert-OH is 28. The Morgan fingerprint density at radius 1 is 0.206 bits per heavy atom. The van der Waals surface area contributed by atoms with Gasteiger partial charge in [-0.15, -0.1) is 0 Å². The Labute approximate surface area is 607 Å². The van der Waals surface area contributed by atoms with Gasteiger partial charge in [-0.05, 0) is 31.6 Å². The lowest BCUT2D eigenvalue weighted by Gasteiger charge is -2.50. The van der Waals surface area contributed by atoms with E-state index in [1.807, 2.05) is 6.92 Å². The number of aliphatic hydroxyl groups is 28. The normalized spacial score (nSPS) is 53.2. The summed E-state index contributed by atoms with van der Waals surface area (Å²) in [6.45, 7) is -7.32. The summed E-state index contributed by atoms with van der Waals surface area (Å²) in [6, 6.07) is 0. The molecule has 0 aromatic heterocycles. The summed E-state index contributed by atoms with van der Waals surface area (Å²) >= 11 is 0. The third-order valence-electron chi connectivity index (χ3n) is 21.0. The van der Waals surface area contributed by atoms with E-state index in [0.717, 1.165) is 0 Å². The van der Waals surface area contributed by atoms with E-state index in [9.17, 15) is 143 Å². The first-order valence-corrected chi connectivity index (χ1v) is 35.1. The van der Waals surface area contributed by atoms with Gasteiger partial charge in [0.05, 0.1) is 65.6 Å². The van der Waals surface area contributed by atoms with Gasteiger partial charge in [0.1, 0.15) is 220 Å². The molecule has 9 heterocycles. The molecular formula is C61H104O46. The summed E-state index contributed by atoms with van der Waals surface area (Å²) < 4.78 is 106. The molecule has 18 unspecified atom stereocenters. The van der Waals surface area contributed by atoms with Crippen molar-refractivity contribution in [2.45, 2.75) is 315 Å². The van der Waals surface area contributed by atoms with Crippen molar-refractivity contribution in [1.29, 1.82) is 0 Å². The fourth-order valence-corrected chi connectivity index (χ4v) is 14.3. The zero-order valence-corrected chi connectivity index (χ0v) is 57.2. The largest absolute Gasteiger partial charge is 0.394 e. The predicted molar refractivity (Wildman–Crippen MR) is 327 cm³/mol. The van der Waals surface area contributed by atoms with Crippen molar-refractivity contribution in [1.82, 2.24) is 0 Å². The summed E-state index contributed by atoms with van der Waals surface area (Å²) in [5, 5.41) is 307. The maximum absolute atomic E-state index is 12.5. The first-order chi connectivity index (χ1) is 50.8. The van der Waals surface area contributed by atoms with Gasteiger partial charge in [0.15, 0.2) is 56.6 Å². The molecule has 9 aliphatic heterocycles. The van der Waals surface area contributed by atoms with Crippen molar-refractivity contribution < 1.29 is 228 Å². The molecule has 45 atom stereocenters. The van der Waals surface area contributed by atoms with E-state index in [-0.39, 0.29) is 5.92 Å². The van der Waals surface area contributed by atoms with Crippen LogP contribution in [0.25, 0.3) is 0 Å². The van der Waals surface area contributed by atoms with Crippen LogP contribution in [-0.4, -0.2) is 485 Å². The van der Waals surface area contributed by atoms with Crippen LogP contribution in [0.5, 0.6) is 0 Å². The molecule has 1 saturated carbocycles. The minimum Gasteiger partial charge on any atom is -0.394 e. The van der Waals surface area contributed by atoms with Gasteiger partial charge < -0.3 is 228 Å². The Morgan fingerprint density at radius 3 is 0.748 bits per heavy atom. The van der Waals surface area contributed by atoms with Crippen molar-refractivity contribution in [3.8, 4) is 0 Å². The van der Waals surface area contributed by atoms with Crippen LogP contribution < -0.4 is 0 Å². The van der Waals surface area contributed by atoms with Crippen LogP contribution in [0.4, 0.5) is 0 Å². The number of rotatable bonds is 27. The monoisotopic (exact) mass is 1570 g/mol. The topological polar surface area (TPSA) is 733 Å². The van der Waals surface area contributed by atoms with Gasteiger partial charge in [-0.2, -0.15) is 0 Å². The van der Waals surface area contributed by atoms with Crippen LogP contribution in [-0.2, 0) is 85.3 Å². The zero-order valence-electron chi connectivity index (χ0n) is 57.2. The standard InChI is InChI=1S/C61H104O46/c1-15-2-4-16(5-3-15)92-57-46(89)48(103-60-52(41(84)32(75)22(11-67)98-60)107-61-51(40(83)31(74)23(12-68)99-61)106-56-44(87)37(80)28(71)19(8-64)95-56)34(77)25(101-57)13-90-53-45(88)47(102-59-50(39(82)30(73)21(10-66)97-59)105-55-43(86)36(79)27(70)18(7-63)94-55)33(76)24(100-53)14-91-58-49(38(81)29(72)20(9-65)96-58)104-54-42(85)35(78)26(69)17(6-62)93-54/h15-89H,2-14H2,1H3/t15?,16?,17?,18-,19-,20?,21-,22-,23-,24?,25?,26+,27+,28+,29+,30+,31+,32+,33+,34+,35-,36?,37?,38-,39?,40?,41?,42?,43?,44?,45?,46?,47-,48-,49?,50?,51?,52?,53-,54+,55+,56+,57+,58-,59+,60+,61+/m0/s1. The first kappa shape index (κ1) is 87.5. The lowest BCUT2D eigenvalue weighted by atomic mass is 9.89. The second-order valence-corrected chi connectivity index (χ2v) is 28.3. The van der Waals surface area contributed by atoms with Crippen molar-refractivity contribution in [3.05, 3.63) is 0 Å². The molecular weight excluding hydrogens is 1470 g/mol. The molecule has 28 N–H and O–H groups in total. The quantitative estimate of drug-likeness (QED) is 0.0363. The molecule has 10 fully saturated rings. The number of hydrogen-bond acceptors (Lipinski definition) is 46. The molecule has 9 saturated heterocycles. The SMILES string of the molecule is CC1CCC(O[C@@H]2OC(CO[C@H]3OC(CO[C@H]4OC(CO)[C@@H](O)[C@H](O)C4O[C@H]4OC(CO)[C@@H](O)[C@H](O)C4O)[C@@H](O)[C@H](O[C@H]4O[C@@H](CO)[C@@H](O)C(O)C4O[C@H]4O[C@@H](CO)[C@@H](O)C(O)C4O)C3O)[C@@H](O)[C@H](O[C@H]3O[C@@H](CO)[C@@H](O)C(O)C3O[C@H]3O[C@@H](CO)[C@@H](O)C(O)C3O[C@H]3O[C@@H](CO)[C@@H](O)C(O)C3O)C2O)CC1. The van der Waals surface area contributed by atoms with E-state index in [1.54, 1.807) is 0 Å². The Kier molecular flexibility index (Phi) is 31.3. The van der Waals surface area contributed by atoms with Gasteiger partial charge in [0, 0.05) is 0 Å². The van der Waals surface area contributed by atoms with E-state index >= 15 is 0 Å². The highest BCUT2D eigenvalue weighted by atomic mass is 16.8. The maximum atomic E-state index is 12.5. The Hall–Kier alpha value is -1.84. The molecule has 46 heteroatoms. The zero-order chi connectivity index (χ0) is 78.1. The average molecular weight is 1570 g/mol. The van der Waals surface area contributed by atoms with Crippen LogP contribution in [0.15, 0.2) is 0 Å². The van der Waals surface area contributed by atoms with Crippen LogP contribution in [0.1, 0.15) is 32.6 Å². The summed E-state index contributed by atoms with van der Waals surface area (Å²) in [4.78, 5) is 0. The van der Waals surface area contributed by atoms with E-state index in [1.165, 1.54) is 0 Å². The number of ether oxygens (including phenoxy) is 18. The van der Waals surface area contributed by atoms with Gasteiger partial charge in [-0.1, -0.05) is 6.92 Å². The van der Waals surface area contributed by atoms with E-state index in [0.29, 0.717) is 25.7 Å².